The Morgan fingerprint density at radius 2 is 1.96 bits per heavy atom. The van der Waals surface area contributed by atoms with Crippen LogP contribution in [0, 0.1) is 6.92 Å². The molecule has 2 rings (SSSR count). The Bertz CT molecular complexity index is 796. The van der Waals surface area contributed by atoms with Crippen LogP contribution in [-0.2, 0) is 22.9 Å². The first kappa shape index (κ1) is 18.4. The zero-order chi connectivity index (χ0) is 17.6. The molecule has 8 heteroatoms. The van der Waals surface area contributed by atoms with E-state index in [2.05, 4.69) is 20.6 Å². The van der Waals surface area contributed by atoms with Crippen LogP contribution in [-0.4, -0.2) is 32.2 Å². The molecule has 24 heavy (non-hydrogen) atoms. The molecule has 0 aliphatic heterocycles. The summed E-state index contributed by atoms with van der Waals surface area (Å²) in [6, 6.07) is 6.79. The maximum Gasteiger partial charge on any atom is 0.191 e. The van der Waals surface area contributed by atoms with Gasteiger partial charge < -0.3 is 10.6 Å². The minimum Gasteiger partial charge on any atom is -0.357 e. The zero-order valence-electron chi connectivity index (χ0n) is 14.0. The van der Waals surface area contributed by atoms with E-state index in [4.69, 9.17) is 0 Å². The molecule has 130 valence electrons. The molecule has 0 saturated carbocycles. The minimum absolute atomic E-state index is 0.319. The minimum atomic E-state index is -3.16. The fourth-order valence-corrected chi connectivity index (χ4v) is 3.35. The van der Waals surface area contributed by atoms with Crippen molar-refractivity contribution in [3.63, 3.8) is 0 Å². The number of guanidine groups is 1. The number of hydrogen-bond donors (Lipinski definition) is 2. The maximum atomic E-state index is 11.5. The zero-order valence-corrected chi connectivity index (χ0v) is 15.7. The van der Waals surface area contributed by atoms with Crippen molar-refractivity contribution in [3.05, 3.63) is 45.9 Å². The molecule has 0 unspecified atom stereocenters. The van der Waals surface area contributed by atoms with Gasteiger partial charge >= 0.3 is 0 Å². The lowest BCUT2D eigenvalue weighted by molar-refractivity contribution is 0.602. The Morgan fingerprint density at radius 3 is 2.50 bits per heavy atom. The summed E-state index contributed by atoms with van der Waals surface area (Å²) in [5.41, 5.74) is 0.949. The topological polar surface area (TPSA) is 83.5 Å². The van der Waals surface area contributed by atoms with Crippen LogP contribution >= 0.6 is 11.3 Å². The van der Waals surface area contributed by atoms with E-state index in [1.54, 1.807) is 35.6 Å². The van der Waals surface area contributed by atoms with Gasteiger partial charge in [0.25, 0.3) is 0 Å². The summed E-state index contributed by atoms with van der Waals surface area (Å²) in [5, 5.41) is 7.44. The molecule has 2 aromatic rings. The summed E-state index contributed by atoms with van der Waals surface area (Å²) in [5.74, 6) is 0.706. The van der Waals surface area contributed by atoms with Crippen LogP contribution < -0.4 is 10.6 Å². The summed E-state index contributed by atoms with van der Waals surface area (Å²) in [6.07, 6.45) is 3.06. The summed E-state index contributed by atoms with van der Waals surface area (Å²) in [6.45, 7) is 5.88. The highest BCUT2D eigenvalue weighted by molar-refractivity contribution is 7.90. The molecule has 0 aliphatic carbocycles. The third-order valence-corrected chi connectivity index (χ3v) is 5.23. The Labute approximate surface area is 147 Å². The van der Waals surface area contributed by atoms with E-state index in [9.17, 15) is 8.42 Å². The van der Waals surface area contributed by atoms with E-state index in [1.165, 1.54) is 11.1 Å². The quantitative estimate of drug-likeness (QED) is 0.604. The molecule has 0 saturated heterocycles. The van der Waals surface area contributed by atoms with Crippen molar-refractivity contribution in [1.82, 2.24) is 15.6 Å². The molecule has 1 aromatic carbocycles. The summed E-state index contributed by atoms with van der Waals surface area (Å²) in [7, 11) is -3.16. The van der Waals surface area contributed by atoms with Gasteiger partial charge in [-0.25, -0.2) is 18.4 Å². The molecule has 1 heterocycles. The van der Waals surface area contributed by atoms with Crippen molar-refractivity contribution < 1.29 is 8.42 Å². The van der Waals surface area contributed by atoms with Gasteiger partial charge in [-0.15, -0.1) is 11.3 Å². The third kappa shape index (κ3) is 5.61. The van der Waals surface area contributed by atoms with E-state index in [1.807, 2.05) is 20.0 Å². The fourth-order valence-electron chi connectivity index (χ4n) is 2.00. The van der Waals surface area contributed by atoms with Crippen molar-refractivity contribution in [3.8, 4) is 0 Å². The second kappa shape index (κ2) is 8.25. The molecule has 0 amide bonds. The van der Waals surface area contributed by atoms with Crippen LogP contribution in [0.1, 0.15) is 22.4 Å². The number of sulfone groups is 1. The SMILES string of the molecule is CCNC(=NCc1ccc(S(C)(=O)=O)cc1)NCc1ncc(C)s1. The lowest BCUT2D eigenvalue weighted by Crippen LogP contribution is -2.36. The number of aryl methyl sites for hydroxylation is 1. The number of nitrogens with zero attached hydrogens (tertiary/aromatic N) is 2. The number of hydrogen-bond acceptors (Lipinski definition) is 5. The van der Waals surface area contributed by atoms with Gasteiger partial charge in [0, 0.05) is 23.9 Å². The van der Waals surface area contributed by atoms with Gasteiger partial charge in [-0.2, -0.15) is 0 Å². The van der Waals surface area contributed by atoms with Gasteiger partial charge in [0.15, 0.2) is 15.8 Å². The standard InChI is InChI=1S/C16H22N4O2S2/c1-4-17-16(20-11-15-18-9-12(2)23-15)19-10-13-5-7-14(8-6-13)24(3,21)22/h5-9H,4,10-11H2,1-3H3,(H2,17,19,20). The van der Waals surface area contributed by atoms with E-state index in [0.29, 0.717) is 23.9 Å². The number of nitrogens with one attached hydrogen (secondary N) is 2. The molecule has 6 nitrogen and oxygen atoms in total. The molecule has 0 atom stereocenters. The van der Waals surface area contributed by atoms with E-state index in [-0.39, 0.29) is 0 Å². The summed E-state index contributed by atoms with van der Waals surface area (Å²) in [4.78, 5) is 10.3. The fraction of sp³-hybridized carbons (Fsp3) is 0.375. The van der Waals surface area contributed by atoms with E-state index < -0.39 is 9.84 Å². The molecule has 0 fully saturated rings. The first-order valence-corrected chi connectivity index (χ1v) is 10.3. The monoisotopic (exact) mass is 366 g/mol. The molecule has 0 spiro atoms. The predicted octanol–water partition coefficient (Wildman–Crippen LogP) is 2.11. The van der Waals surface area contributed by atoms with Crippen molar-refractivity contribution in [2.75, 3.05) is 12.8 Å². The van der Waals surface area contributed by atoms with Crippen molar-refractivity contribution in [2.24, 2.45) is 4.99 Å². The van der Waals surface area contributed by atoms with Gasteiger partial charge in [0.05, 0.1) is 18.0 Å². The largest absolute Gasteiger partial charge is 0.357 e. The molecular formula is C16H22N4O2S2. The number of aromatic nitrogens is 1. The Kier molecular flexibility index (Phi) is 6.33. The van der Waals surface area contributed by atoms with Crippen LogP contribution in [0.3, 0.4) is 0 Å². The van der Waals surface area contributed by atoms with Crippen LogP contribution in [0.5, 0.6) is 0 Å². The van der Waals surface area contributed by atoms with Crippen LogP contribution in [0.15, 0.2) is 40.4 Å². The second-order valence-electron chi connectivity index (χ2n) is 5.33. The average Bonchev–Trinajstić information content (AvgIpc) is 2.95. The molecular weight excluding hydrogens is 344 g/mol. The first-order valence-electron chi connectivity index (χ1n) is 7.61. The number of rotatable bonds is 6. The van der Waals surface area contributed by atoms with Gasteiger partial charge in [0.1, 0.15) is 5.01 Å². The Morgan fingerprint density at radius 1 is 1.25 bits per heavy atom. The predicted molar refractivity (Wildman–Crippen MR) is 98.1 cm³/mol. The average molecular weight is 367 g/mol. The molecule has 0 bridgehead atoms. The van der Waals surface area contributed by atoms with Crippen molar-refractivity contribution >= 4 is 27.1 Å². The van der Waals surface area contributed by atoms with Gasteiger partial charge in [-0.1, -0.05) is 12.1 Å². The van der Waals surface area contributed by atoms with Gasteiger partial charge in [-0.3, -0.25) is 0 Å². The number of thiazole rings is 1. The smallest absolute Gasteiger partial charge is 0.191 e. The highest BCUT2D eigenvalue weighted by Gasteiger charge is 2.06. The Hall–Kier alpha value is -1.93. The van der Waals surface area contributed by atoms with Crippen molar-refractivity contribution in [2.45, 2.75) is 31.8 Å². The van der Waals surface area contributed by atoms with Crippen LogP contribution in [0.4, 0.5) is 0 Å². The van der Waals surface area contributed by atoms with Crippen LogP contribution in [0.2, 0.25) is 0 Å². The number of aliphatic imine (C=N–C) groups is 1. The highest BCUT2D eigenvalue weighted by atomic mass is 32.2. The van der Waals surface area contributed by atoms with Crippen molar-refractivity contribution in [1.29, 1.82) is 0 Å². The molecule has 0 radical (unpaired) electrons. The van der Waals surface area contributed by atoms with E-state index >= 15 is 0 Å². The highest BCUT2D eigenvalue weighted by Crippen LogP contribution is 2.12. The lowest BCUT2D eigenvalue weighted by atomic mass is 10.2. The maximum absolute atomic E-state index is 11.5. The first-order chi connectivity index (χ1) is 11.4. The van der Waals surface area contributed by atoms with E-state index in [0.717, 1.165) is 17.1 Å². The lowest BCUT2D eigenvalue weighted by Gasteiger charge is -2.10. The number of benzene rings is 1. The molecule has 2 N–H and O–H groups in total. The Balaban J connectivity index is 1.99. The van der Waals surface area contributed by atoms with Gasteiger partial charge in [-0.05, 0) is 31.5 Å². The normalized spacial score (nSPS) is 12.2. The third-order valence-electron chi connectivity index (χ3n) is 3.19. The second-order valence-corrected chi connectivity index (χ2v) is 8.66. The summed E-state index contributed by atoms with van der Waals surface area (Å²) >= 11 is 1.65. The summed E-state index contributed by atoms with van der Waals surface area (Å²) < 4.78 is 22.9. The van der Waals surface area contributed by atoms with Crippen LogP contribution in [0.25, 0.3) is 0 Å². The molecule has 0 aliphatic rings. The molecule has 1 aromatic heterocycles. The van der Waals surface area contributed by atoms with Gasteiger partial charge in [0.2, 0.25) is 0 Å².